The van der Waals surface area contributed by atoms with Crippen molar-refractivity contribution in [1.82, 2.24) is 15.6 Å². The molecule has 0 aromatic carbocycles. The second-order valence-corrected chi connectivity index (χ2v) is 5.41. The van der Waals surface area contributed by atoms with Crippen molar-refractivity contribution in [3.05, 3.63) is 33.2 Å². The number of nitro groups is 1. The van der Waals surface area contributed by atoms with E-state index in [1.807, 2.05) is 12.4 Å². The molecule has 0 aliphatic heterocycles. The van der Waals surface area contributed by atoms with E-state index in [0.29, 0.717) is 12.4 Å². The SMILES string of the molecule is Br.CN/C(=C\[N+](=O)[O-])NCCSCc1csc(NC)n1. The normalized spacial score (nSPS) is 10.6. The highest BCUT2D eigenvalue weighted by Crippen LogP contribution is 2.18. The molecule has 0 saturated carbocycles. The summed E-state index contributed by atoms with van der Waals surface area (Å²) in [7, 11) is 3.49. The van der Waals surface area contributed by atoms with Gasteiger partial charge in [0, 0.05) is 37.5 Å². The van der Waals surface area contributed by atoms with Gasteiger partial charge in [0.2, 0.25) is 0 Å². The van der Waals surface area contributed by atoms with E-state index in [4.69, 9.17) is 0 Å². The fraction of sp³-hybridized carbons (Fsp3) is 0.500. The number of hydrogen-bond donors (Lipinski definition) is 3. The van der Waals surface area contributed by atoms with E-state index in [-0.39, 0.29) is 17.0 Å². The van der Waals surface area contributed by atoms with Crippen LogP contribution in [0.4, 0.5) is 5.13 Å². The Labute approximate surface area is 136 Å². The summed E-state index contributed by atoms with van der Waals surface area (Å²) in [6, 6.07) is 0. The average molecular weight is 384 g/mol. The molecule has 1 heterocycles. The van der Waals surface area contributed by atoms with E-state index in [1.54, 1.807) is 30.1 Å². The zero-order valence-electron chi connectivity index (χ0n) is 11.2. The van der Waals surface area contributed by atoms with E-state index in [9.17, 15) is 10.1 Å². The van der Waals surface area contributed by atoms with Crippen molar-refractivity contribution in [3.8, 4) is 0 Å². The van der Waals surface area contributed by atoms with Crippen LogP contribution in [0.1, 0.15) is 5.69 Å². The first kappa shape index (κ1) is 19.0. The van der Waals surface area contributed by atoms with Crippen molar-refractivity contribution < 1.29 is 4.92 Å². The summed E-state index contributed by atoms with van der Waals surface area (Å²) in [4.78, 5) is 14.2. The molecule has 0 spiro atoms. The molecule has 0 bridgehead atoms. The van der Waals surface area contributed by atoms with Crippen LogP contribution in [-0.4, -0.2) is 36.3 Å². The Morgan fingerprint density at radius 2 is 2.35 bits per heavy atom. The average Bonchev–Trinajstić information content (AvgIpc) is 2.84. The summed E-state index contributed by atoms with van der Waals surface area (Å²) in [5.74, 6) is 2.10. The van der Waals surface area contributed by atoms with Crippen molar-refractivity contribution in [1.29, 1.82) is 0 Å². The molecule has 0 unspecified atom stereocenters. The summed E-state index contributed by atoms with van der Waals surface area (Å²) < 4.78 is 0. The standard InChI is InChI=1S/C10H17N5O2S2.BrH/c1-11-9(5-15(16)17)13-3-4-18-6-8-7-19-10(12-2)14-8;/h5,7,11,13H,3-4,6H2,1-2H3,(H,12,14);1H/b9-5+;. The highest BCUT2D eigenvalue weighted by atomic mass is 79.9. The Hall–Kier alpha value is -1.00. The van der Waals surface area contributed by atoms with E-state index in [2.05, 4.69) is 20.9 Å². The van der Waals surface area contributed by atoms with Crippen LogP contribution in [-0.2, 0) is 5.75 Å². The summed E-state index contributed by atoms with van der Waals surface area (Å²) in [5.41, 5.74) is 1.05. The topological polar surface area (TPSA) is 92.1 Å². The van der Waals surface area contributed by atoms with Gasteiger partial charge in [-0.25, -0.2) is 4.98 Å². The van der Waals surface area contributed by atoms with Crippen molar-refractivity contribution in [2.75, 3.05) is 31.7 Å². The Morgan fingerprint density at radius 3 is 2.90 bits per heavy atom. The second-order valence-electron chi connectivity index (χ2n) is 3.45. The molecule has 0 radical (unpaired) electrons. The fourth-order valence-corrected chi connectivity index (χ4v) is 2.75. The zero-order valence-corrected chi connectivity index (χ0v) is 14.6. The van der Waals surface area contributed by atoms with Crippen molar-refractivity contribution in [2.45, 2.75) is 5.75 Å². The van der Waals surface area contributed by atoms with Gasteiger partial charge in [0.15, 0.2) is 11.0 Å². The Morgan fingerprint density at radius 1 is 1.60 bits per heavy atom. The van der Waals surface area contributed by atoms with Gasteiger partial charge in [0.05, 0.1) is 10.6 Å². The van der Waals surface area contributed by atoms with E-state index >= 15 is 0 Å². The van der Waals surface area contributed by atoms with Crippen molar-refractivity contribution in [3.63, 3.8) is 0 Å². The van der Waals surface area contributed by atoms with Crippen molar-refractivity contribution in [2.24, 2.45) is 0 Å². The van der Waals surface area contributed by atoms with Gasteiger partial charge in [0.1, 0.15) is 0 Å². The van der Waals surface area contributed by atoms with Crippen LogP contribution in [0.3, 0.4) is 0 Å². The smallest absolute Gasteiger partial charge is 0.274 e. The van der Waals surface area contributed by atoms with Crippen LogP contribution in [0.25, 0.3) is 0 Å². The second kappa shape index (κ2) is 10.7. The molecule has 1 aromatic heterocycles. The van der Waals surface area contributed by atoms with Gasteiger partial charge in [-0.05, 0) is 0 Å². The lowest BCUT2D eigenvalue weighted by Gasteiger charge is -2.06. The monoisotopic (exact) mass is 383 g/mol. The van der Waals surface area contributed by atoms with Gasteiger partial charge in [-0.15, -0.1) is 28.3 Å². The summed E-state index contributed by atoms with van der Waals surface area (Å²) in [5, 5.41) is 21.9. The lowest BCUT2D eigenvalue weighted by atomic mass is 10.6. The van der Waals surface area contributed by atoms with Gasteiger partial charge in [-0.2, -0.15) is 11.8 Å². The highest BCUT2D eigenvalue weighted by molar-refractivity contribution is 8.93. The predicted octanol–water partition coefficient (Wildman–Crippen LogP) is 1.88. The Balaban J connectivity index is 0.00000361. The molecule has 0 amide bonds. The lowest BCUT2D eigenvalue weighted by molar-refractivity contribution is -0.404. The predicted molar refractivity (Wildman–Crippen MR) is 90.3 cm³/mol. The molecule has 0 fully saturated rings. The minimum atomic E-state index is -0.486. The molecule has 0 atom stereocenters. The largest absolute Gasteiger partial charge is 0.370 e. The van der Waals surface area contributed by atoms with Crippen LogP contribution < -0.4 is 16.0 Å². The number of thioether (sulfide) groups is 1. The lowest BCUT2D eigenvalue weighted by Crippen LogP contribution is -2.26. The number of halogens is 1. The van der Waals surface area contributed by atoms with Crippen LogP contribution in [0.5, 0.6) is 0 Å². The molecule has 1 aromatic rings. The molecular formula is C10H18BrN5O2S2. The minimum Gasteiger partial charge on any atom is -0.370 e. The van der Waals surface area contributed by atoms with Gasteiger partial charge >= 0.3 is 0 Å². The van der Waals surface area contributed by atoms with E-state index < -0.39 is 4.92 Å². The van der Waals surface area contributed by atoms with E-state index in [0.717, 1.165) is 28.5 Å². The van der Waals surface area contributed by atoms with Crippen LogP contribution in [0.2, 0.25) is 0 Å². The van der Waals surface area contributed by atoms with Crippen molar-refractivity contribution >= 4 is 45.2 Å². The molecule has 114 valence electrons. The van der Waals surface area contributed by atoms with Gasteiger partial charge < -0.3 is 16.0 Å². The highest BCUT2D eigenvalue weighted by Gasteiger charge is 2.01. The van der Waals surface area contributed by atoms with Crippen LogP contribution in [0, 0.1) is 10.1 Å². The molecule has 10 heteroatoms. The molecule has 0 saturated heterocycles. The fourth-order valence-electron chi connectivity index (χ4n) is 1.23. The quantitative estimate of drug-likeness (QED) is 0.340. The van der Waals surface area contributed by atoms with E-state index in [1.165, 1.54) is 0 Å². The number of rotatable bonds is 9. The zero-order chi connectivity index (χ0) is 14.1. The third-order valence-corrected chi connectivity index (χ3v) is 3.98. The van der Waals surface area contributed by atoms with Crippen LogP contribution >= 0.6 is 40.1 Å². The van der Waals surface area contributed by atoms with Gasteiger partial charge in [0.25, 0.3) is 6.20 Å². The number of thiazole rings is 1. The van der Waals surface area contributed by atoms with Gasteiger partial charge in [-0.3, -0.25) is 10.1 Å². The maximum Gasteiger partial charge on any atom is 0.274 e. The number of anilines is 1. The third kappa shape index (κ3) is 7.56. The summed E-state index contributed by atoms with van der Waals surface area (Å²) >= 11 is 3.31. The molecule has 0 aliphatic rings. The number of nitrogens with one attached hydrogen (secondary N) is 3. The number of nitrogens with zero attached hydrogens (tertiary/aromatic N) is 2. The van der Waals surface area contributed by atoms with Gasteiger partial charge in [-0.1, -0.05) is 0 Å². The summed E-state index contributed by atoms with van der Waals surface area (Å²) in [6.45, 7) is 0.661. The Bertz CT molecular complexity index is 441. The third-order valence-electron chi connectivity index (χ3n) is 2.08. The minimum absolute atomic E-state index is 0. The maximum atomic E-state index is 10.3. The first-order chi connectivity index (χ1) is 9.15. The number of aromatic nitrogens is 1. The molecule has 0 aliphatic carbocycles. The number of hydrogen-bond acceptors (Lipinski definition) is 8. The molecule has 3 N–H and O–H groups in total. The molecule has 20 heavy (non-hydrogen) atoms. The van der Waals surface area contributed by atoms with Crippen LogP contribution in [0.15, 0.2) is 17.4 Å². The maximum absolute atomic E-state index is 10.3. The first-order valence-corrected chi connectivity index (χ1v) is 7.66. The Kier molecular flexibility index (Phi) is 10.2. The summed E-state index contributed by atoms with van der Waals surface area (Å²) in [6.07, 6.45) is 0.921. The molecule has 1 rings (SSSR count). The first-order valence-electron chi connectivity index (χ1n) is 5.62. The molecular weight excluding hydrogens is 366 g/mol. The molecule has 7 nitrogen and oxygen atoms in total.